The van der Waals surface area contributed by atoms with Crippen molar-refractivity contribution in [1.82, 2.24) is 9.58 Å². The first-order chi connectivity index (χ1) is 10.6. The van der Waals surface area contributed by atoms with E-state index in [0.29, 0.717) is 13.2 Å². The number of methoxy groups -OCH3 is 1. The van der Waals surface area contributed by atoms with Crippen molar-refractivity contribution in [3.8, 4) is 5.75 Å². The molecule has 22 heavy (non-hydrogen) atoms. The van der Waals surface area contributed by atoms with Crippen LogP contribution in [0.4, 0.5) is 0 Å². The number of pyridine rings is 1. The summed E-state index contributed by atoms with van der Waals surface area (Å²) >= 11 is 0. The molecular formula is C15H21N3O4. The van der Waals surface area contributed by atoms with Crippen LogP contribution in [-0.2, 0) is 4.74 Å². The Balaban J connectivity index is 1.99. The predicted octanol–water partition coefficient (Wildman–Crippen LogP) is 0.771. The number of amides is 1. The molecule has 1 unspecified atom stereocenters. The van der Waals surface area contributed by atoms with Crippen LogP contribution >= 0.6 is 0 Å². The summed E-state index contributed by atoms with van der Waals surface area (Å²) in [5, 5.41) is 0. The summed E-state index contributed by atoms with van der Waals surface area (Å²) in [5.74, 6) is -0.0608. The van der Waals surface area contributed by atoms with Gasteiger partial charge in [-0.05, 0) is 26.2 Å². The maximum Gasteiger partial charge on any atom is 0.278 e. The number of nitrogens with one attached hydrogen (secondary N) is 1. The number of fused-ring (bicyclic) bond motifs is 2. The number of hydrogen-bond donors (Lipinski definition) is 1. The topological polar surface area (TPSA) is 72.8 Å². The lowest BCUT2D eigenvalue weighted by atomic mass is 10.1. The number of rotatable bonds is 4. The summed E-state index contributed by atoms with van der Waals surface area (Å²) in [6.45, 7) is 2.85. The molecule has 0 bridgehead atoms. The molecule has 3 rings (SSSR count). The molecule has 3 heterocycles. The molecule has 2 aliphatic rings. The number of nitrogens with zero attached hydrogens (tertiary/aromatic N) is 2. The number of aromatic nitrogens is 1. The number of hydrogen-bond acceptors (Lipinski definition) is 5. The number of piperidine rings is 1. The molecule has 1 N–H and O–H groups in total. The molecule has 7 nitrogen and oxygen atoms in total. The van der Waals surface area contributed by atoms with Crippen molar-refractivity contribution in [3.05, 3.63) is 28.2 Å². The summed E-state index contributed by atoms with van der Waals surface area (Å²) in [5.41, 5.74) is 3.25. The Kier molecular flexibility index (Phi) is 4.06. The Morgan fingerprint density at radius 1 is 1.41 bits per heavy atom. The van der Waals surface area contributed by atoms with Crippen molar-refractivity contribution in [3.63, 3.8) is 0 Å². The van der Waals surface area contributed by atoms with E-state index in [2.05, 4.69) is 5.43 Å². The fraction of sp³-hybridized carbons (Fsp3) is 0.600. The number of carbonyl (C=O) groups is 1. The molecule has 1 aromatic rings. The summed E-state index contributed by atoms with van der Waals surface area (Å²) in [7, 11) is 1.57. The van der Waals surface area contributed by atoms with E-state index >= 15 is 0 Å². The molecular weight excluding hydrogens is 286 g/mol. The van der Waals surface area contributed by atoms with Crippen LogP contribution in [0, 0.1) is 0 Å². The molecule has 2 aliphatic heterocycles. The normalized spacial score (nSPS) is 21.6. The van der Waals surface area contributed by atoms with E-state index in [1.165, 1.54) is 6.07 Å². The molecule has 2 atom stereocenters. The van der Waals surface area contributed by atoms with E-state index in [9.17, 15) is 9.59 Å². The van der Waals surface area contributed by atoms with Crippen LogP contribution < -0.4 is 15.6 Å². The molecule has 1 saturated heterocycles. The lowest BCUT2D eigenvalue weighted by Crippen LogP contribution is -2.56. The van der Waals surface area contributed by atoms with Gasteiger partial charge in [0.25, 0.3) is 5.91 Å². The molecule has 0 aliphatic carbocycles. The highest BCUT2D eigenvalue weighted by molar-refractivity contribution is 5.96. The molecule has 1 aromatic heterocycles. The van der Waals surface area contributed by atoms with Crippen molar-refractivity contribution < 1.29 is 14.3 Å². The van der Waals surface area contributed by atoms with E-state index in [0.717, 1.165) is 19.3 Å². The highest BCUT2D eigenvalue weighted by atomic mass is 16.5. The Labute approximate surface area is 128 Å². The molecule has 1 fully saturated rings. The van der Waals surface area contributed by atoms with Crippen molar-refractivity contribution >= 4 is 5.91 Å². The maximum atomic E-state index is 12.8. The highest BCUT2D eigenvalue weighted by Gasteiger charge is 2.36. The van der Waals surface area contributed by atoms with Gasteiger partial charge in [0.15, 0.2) is 11.4 Å². The zero-order chi connectivity index (χ0) is 15.7. The van der Waals surface area contributed by atoms with Gasteiger partial charge in [-0.3, -0.25) is 14.3 Å². The second kappa shape index (κ2) is 6.00. The Morgan fingerprint density at radius 2 is 2.23 bits per heavy atom. The molecule has 120 valence electrons. The molecule has 1 amide bonds. The SMILES string of the molecule is COC[C@@H](C)Oc1c2n(ccc1=O)NC1CCCCN1C2=O. The minimum Gasteiger partial charge on any atom is -0.482 e. The van der Waals surface area contributed by atoms with E-state index in [4.69, 9.17) is 9.47 Å². The summed E-state index contributed by atoms with van der Waals surface area (Å²) in [6, 6.07) is 1.41. The van der Waals surface area contributed by atoms with Gasteiger partial charge in [0.05, 0.1) is 6.61 Å². The second-order valence-corrected chi connectivity index (χ2v) is 5.75. The van der Waals surface area contributed by atoms with E-state index in [-0.39, 0.29) is 35.0 Å². The molecule has 0 saturated carbocycles. The van der Waals surface area contributed by atoms with Gasteiger partial charge in [-0.2, -0.15) is 0 Å². The zero-order valence-electron chi connectivity index (χ0n) is 12.9. The fourth-order valence-electron chi connectivity index (χ4n) is 3.02. The van der Waals surface area contributed by atoms with Crippen LogP contribution in [0.15, 0.2) is 17.1 Å². The Hall–Kier alpha value is -2.02. The molecule has 0 aromatic carbocycles. The van der Waals surface area contributed by atoms with Gasteiger partial charge < -0.3 is 19.8 Å². The average molecular weight is 307 g/mol. The first kappa shape index (κ1) is 14.9. The lowest BCUT2D eigenvalue weighted by molar-refractivity contribution is 0.0548. The van der Waals surface area contributed by atoms with Gasteiger partial charge >= 0.3 is 0 Å². The van der Waals surface area contributed by atoms with Crippen LogP contribution in [0.5, 0.6) is 5.75 Å². The zero-order valence-corrected chi connectivity index (χ0v) is 12.9. The van der Waals surface area contributed by atoms with Crippen LogP contribution in [-0.4, -0.2) is 48.0 Å². The summed E-state index contributed by atoms with van der Waals surface area (Å²) < 4.78 is 12.3. The van der Waals surface area contributed by atoms with Gasteiger partial charge in [-0.25, -0.2) is 0 Å². The third-order valence-corrected chi connectivity index (χ3v) is 4.03. The second-order valence-electron chi connectivity index (χ2n) is 5.75. The molecule has 7 heteroatoms. The Morgan fingerprint density at radius 3 is 3.00 bits per heavy atom. The minimum atomic E-state index is -0.309. The van der Waals surface area contributed by atoms with Gasteiger partial charge in [-0.15, -0.1) is 0 Å². The summed E-state index contributed by atoms with van der Waals surface area (Å²) in [6.07, 6.45) is 4.25. The van der Waals surface area contributed by atoms with E-state index < -0.39 is 0 Å². The fourth-order valence-corrected chi connectivity index (χ4v) is 3.02. The van der Waals surface area contributed by atoms with Crippen LogP contribution in [0.3, 0.4) is 0 Å². The quantitative estimate of drug-likeness (QED) is 0.889. The summed E-state index contributed by atoms with van der Waals surface area (Å²) in [4.78, 5) is 26.7. The standard InChI is InChI=1S/C15H21N3O4/c1-10(9-21-2)22-14-11(19)6-8-18-13(14)15(20)17-7-4-3-5-12(17)16-18/h6,8,10,12,16H,3-5,7,9H2,1-2H3/t10-,12?/m1/s1. The first-order valence-corrected chi connectivity index (χ1v) is 7.60. The average Bonchev–Trinajstić information content (AvgIpc) is 2.51. The van der Waals surface area contributed by atoms with Crippen molar-refractivity contribution in [2.24, 2.45) is 0 Å². The van der Waals surface area contributed by atoms with Crippen LogP contribution in [0.1, 0.15) is 36.7 Å². The van der Waals surface area contributed by atoms with Crippen molar-refractivity contribution in [2.75, 3.05) is 25.7 Å². The predicted molar refractivity (Wildman–Crippen MR) is 80.7 cm³/mol. The molecule has 0 spiro atoms. The van der Waals surface area contributed by atoms with Gasteiger partial charge in [-0.1, -0.05) is 0 Å². The minimum absolute atomic E-state index is 0.0134. The van der Waals surface area contributed by atoms with Gasteiger partial charge in [0, 0.05) is 25.9 Å². The monoisotopic (exact) mass is 307 g/mol. The van der Waals surface area contributed by atoms with E-state index in [1.54, 1.807) is 29.8 Å². The number of ether oxygens (including phenoxy) is 2. The highest BCUT2D eigenvalue weighted by Crippen LogP contribution is 2.26. The Bertz CT molecular complexity index is 628. The van der Waals surface area contributed by atoms with Crippen LogP contribution in [0.25, 0.3) is 0 Å². The van der Waals surface area contributed by atoms with Crippen LogP contribution in [0.2, 0.25) is 0 Å². The van der Waals surface area contributed by atoms with Gasteiger partial charge in [0.2, 0.25) is 5.43 Å². The lowest BCUT2D eigenvalue weighted by Gasteiger charge is -2.41. The molecule has 0 radical (unpaired) electrons. The smallest absolute Gasteiger partial charge is 0.278 e. The van der Waals surface area contributed by atoms with E-state index in [1.807, 2.05) is 0 Å². The third kappa shape index (κ3) is 2.56. The third-order valence-electron chi connectivity index (χ3n) is 4.03. The largest absolute Gasteiger partial charge is 0.482 e. The maximum absolute atomic E-state index is 12.8. The van der Waals surface area contributed by atoms with Gasteiger partial charge in [0.1, 0.15) is 12.3 Å². The number of carbonyl (C=O) groups excluding carboxylic acids is 1. The van der Waals surface area contributed by atoms with Crippen molar-refractivity contribution in [2.45, 2.75) is 38.5 Å². The first-order valence-electron chi connectivity index (χ1n) is 7.60. The van der Waals surface area contributed by atoms with Crippen molar-refractivity contribution in [1.29, 1.82) is 0 Å².